The van der Waals surface area contributed by atoms with Crippen molar-refractivity contribution in [3.05, 3.63) is 65.7 Å². The van der Waals surface area contributed by atoms with Gasteiger partial charge in [-0.15, -0.1) is 0 Å². The Kier molecular flexibility index (Phi) is 6.82. The maximum Gasteiger partial charge on any atom is 0.255 e. The van der Waals surface area contributed by atoms with Gasteiger partial charge in [-0.05, 0) is 35.6 Å². The van der Waals surface area contributed by atoms with Crippen molar-refractivity contribution in [1.29, 1.82) is 0 Å². The van der Waals surface area contributed by atoms with Crippen molar-refractivity contribution in [3.8, 4) is 0 Å². The molecule has 0 spiro atoms. The monoisotopic (exact) mass is 326 g/mol. The van der Waals surface area contributed by atoms with E-state index < -0.39 is 11.8 Å². The van der Waals surface area contributed by atoms with Gasteiger partial charge in [-0.2, -0.15) is 0 Å². The number of hydroxylamine groups is 1. The number of benzene rings is 2. The lowest BCUT2D eigenvalue weighted by Crippen LogP contribution is -2.27. The lowest BCUT2D eigenvalue weighted by atomic mass is 9.90. The zero-order chi connectivity index (χ0) is 17.4. The second-order valence-electron chi connectivity index (χ2n) is 6.22. The van der Waals surface area contributed by atoms with Gasteiger partial charge in [0.25, 0.3) is 5.91 Å². The van der Waals surface area contributed by atoms with E-state index in [0.29, 0.717) is 5.92 Å². The first-order chi connectivity index (χ1) is 11.7. The van der Waals surface area contributed by atoms with E-state index in [0.717, 1.165) is 23.4 Å². The van der Waals surface area contributed by atoms with Gasteiger partial charge in [0, 0.05) is 12.2 Å². The van der Waals surface area contributed by atoms with E-state index in [4.69, 9.17) is 5.21 Å². The molecule has 0 saturated heterocycles. The topological polar surface area (TPSA) is 61.4 Å². The molecule has 0 heterocycles. The number of amides is 1. The van der Waals surface area contributed by atoms with Crippen LogP contribution in [0.1, 0.15) is 43.7 Å². The lowest BCUT2D eigenvalue weighted by Gasteiger charge is -2.17. The van der Waals surface area contributed by atoms with Gasteiger partial charge in [0.05, 0.1) is 5.92 Å². The largest absolute Gasteiger partial charge is 0.385 e. The smallest absolute Gasteiger partial charge is 0.255 e. The molecule has 2 aromatic rings. The van der Waals surface area contributed by atoms with Crippen LogP contribution in [0.5, 0.6) is 0 Å². The molecule has 4 nitrogen and oxygen atoms in total. The summed E-state index contributed by atoms with van der Waals surface area (Å²) in [5, 5.41) is 12.5. The molecule has 4 heteroatoms. The maximum atomic E-state index is 12.1. The van der Waals surface area contributed by atoms with Crippen LogP contribution in [0.3, 0.4) is 0 Å². The number of rotatable bonds is 8. The van der Waals surface area contributed by atoms with E-state index in [9.17, 15) is 4.79 Å². The highest BCUT2D eigenvalue weighted by Gasteiger charge is 2.22. The Morgan fingerprint density at radius 2 is 1.67 bits per heavy atom. The maximum absolute atomic E-state index is 12.1. The molecule has 2 atom stereocenters. The summed E-state index contributed by atoms with van der Waals surface area (Å²) in [5.41, 5.74) is 4.51. The van der Waals surface area contributed by atoms with Crippen molar-refractivity contribution in [2.75, 3.05) is 11.9 Å². The van der Waals surface area contributed by atoms with Gasteiger partial charge in [0.1, 0.15) is 0 Å². The highest BCUT2D eigenvalue weighted by molar-refractivity contribution is 5.86. The van der Waals surface area contributed by atoms with Crippen molar-refractivity contribution in [3.63, 3.8) is 0 Å². The Morgan fingerprint density at radius 3 is 2.25 bits per heavy atom. The molecule has 24 heavy (non-hydrogen) atoms. The fourth-order valence-electron chi connectivity index (χ4n) is 2.89. The van der Waals surface area contributed by atoms with E-state index in [1.807, 2.05) is 54.6 Å². The minimum absolute atomic E-state index is 0.432. The van der Waals surface area contributed by atoms with Crippen LogP contribution in [0.2, 0.25) is 0 Å². The fraction of sp³-hybridized carbons (Fsp3) is 0.350. The molecule has 2 aromatic carbocycles. The normalized spacial score (nSPS) is 13.1. The van der Waals surface area contributed by atoms with Crippen LogP contribution in [0, 0.1) is 5.92 Å². The average molecular weight is 326 g/mol. The lowest BCUT2D eigenvalue weighted by molar-refractivity contribution is -0.129. The molecule has 3 N–H and O–H groups in total. The fourth-order valence-corrected chi connectivity index (χ4v) is 2.89. The molecule has 0 aliphatic carbocycles. The Morgan fingerprint density at radius 1 is 1.04 bits per heavy atom. The summed E-state index contributed by atoms with van der Waals surface area (Å²) in [6, 6.07) is 17.3. The molecular formula is C20H26N2O2. The van der Waals surface area contributed by atoms with E-state index in [-0.39, 0.29) is 0 Å². The molecular weight excluding hydrogens is 300 g/mol. The van der Waals surface area contributed by atoms with Crippen molar-refractivity contribution < 1.29 is 10.0 Å². The molecule has 0 aliphatic rings. The number of carbonyl (C=O) groups is 1. The van der Waals surface area contributed by atoms with Gasteiger partial charge in [-0.3, -0.25) is 10.0 Å². The van der Waals surface area contributed by atoms with Crippen LogP contribution < -0.4 is 10.8 Å². The molecule has 0 bridgehead atoms. The van der Waals surface area contributed by atoms with Crippen LogP contribution in [0.25, 0.3) is 0 Å². The summed E-state index contributed by atoms with van der Waals surface area (Å²) >= 11 is 0. The highest BCUT2D eigenvalue weighted by atomic mass is 16.5. The third-order valence-electron chi connectivity index (χ3n) is 4.19. The molecule has 0 saturated carbocycles. The van der Waals surface area contributed by atoms with Crippen molar-refractivity contribution in [2.24, 2.45) is 5.92 Å². The summed E-state index contributed by atoms with van der Waals surface area (Å²) in [6.07, 6.45) is 2.40. The van der Waals surface area contributed by atoms with Crippen LogP contribution in [-0.2, 0) is 4.79 Å². The summed E-state index contributed by atoms with van der Waals surface area (Å²) in [6.45, 7) is 5.37. The first-order valence-corrected chi connectivity index (χ1v) is 8.48. The van der Waals surface area contributed by atoms with Crippen molar-refractivity contribution >= 4 is 11.6 Å². The van der Waals surface area contributed by atoms with Crippen LogP contribution in [0.15, 0.2) is 54.6 Å². The summed E-state index contributed by atoms with van der Waals surface area (Å²) in [7, 11) is 0. The molecule has 128 valence electrons. The third-order valence-corrected chi connectivity index (χ3v) is 4.19. The predicted octanol–water partition coefficient (Wildman–Crippen LogP) is 4.17. The zero-order valence-corrected chi connectivity index (χ0v) is 14.3. The molecule has 2 unspecified atom stereocenters. The number of nitrogens with one attached hydrogen (secondary N) is 2. The average Bonchev–Trinajstić information content (AvgIpc) is 2.62. The summed E-state index contributed by atoms with van der Waals surface area (Å²) < 4.78 is 0. The van der Waals surface area contributed by atoms with Gasteiger partial charge in [0.15, 0.2) is 0 Å². The van der Waals surface area contributed by atoms with Gasteiger partial charge < -0.3 is 5.32 Å². The van der Waals surface area contributed by atoms with E-state index in [1.54, 1.807) is 5.48 Å². The van der Waals surface area contributed by atoms with Crippen LogP contribution >= 0.6 is 0 Å². The van der Waals surface area contributed by atoms with Crippen LogP contribution in [0.4, 0.5) is 5.69 Å². The third kappa shape index (κ3) is 4.83. The first kappa shape index (κ1) is 18.0. The number of anilines is 1. The zero-order valence-electron chi connectivity index (χ0n) is 14.3. The quantitative estimate of drug-likeness (QED) is 0.504. The molecule has 0 radical (unpaired) electrons. The highest BCUT2D eigenvalue weighted by Crippen LogP contribution is 2.26. The van der Waals surface area contributed by atoms with E-state index in [1.165, 1.54) is 12.8 Å². The van der Waals surface area contributed by atoms with Gasteiger partial charge >= 0.3 is 0 Å². The SMILES string of the molecule is CCCC(C)CNc1ccc(C(C(=O)NO)c2ccccc2)cc1. The molecule has 1 amide bonds. The minimum Gasteiger partial charge on any atom is -0.385 e. The first-order valence-electron chi connectivity index (χ1n) is 8.48. The number of carbonyl (C=O) groups excluding carboxylic acids is 1. The van der Waals surface area contributed by atoms with Crippen molar-refractivity contribution in [1.82, 2.24) is 5.48 Å². The Balaban J connectivity index is 2.13. The van der Waals surface area contributed by atoms with Gasteiger partial charge in [0.2, 0.25) is 0 Å². The van der Waals surface area contributed by atoms with Gasteiger partial charge in [-0.25, -0.2) is 5.48 Å². The Hall–Kier alpha value is -2.33. The predicted molar refractivity (Wildman–Crippen MR) is 97.2 cm³/mol. The number of hydrogen-bond donors (Lipinski definition) is 3. The molecule has 0 fully saturated rings. The standard InChI is InChI=1S/C20H26N2O2/c1-3-7-15(2)14-21-18-12-10-17(11-13-18)19(20(23)22-24)16-8-5-4-6-9-16/h4-6,8-13,15,19,21,24H,3,7,14H2,1-2H3,(H,22,23). The van der Waals surface area contributed by atoms with Crippen LogP contribution in [-0.4, -0.2) is 17.7 Å². The second kappa shape index (κ2) is 9.08. The van der Waals surface area contributed by atoms with Crippen molar-refractivity contribution in [2.45, 2.75) is 32.6 Å². The molecule has 0 aromatic heterocycles. The van der Waals surface area contributed by atoms with Gasteiger partial charge in [-0.1, -0.05) is 62.7 Å². The number of hydrogen-bond acceptors (Lipinski definition) is 3. The molecule has 2 rings (SSSR count). The summed E-state index contributed by atoms with van der Waals surface area (Å²) in [5.74, 6) is -0.324. The summed E-state index contributed by atoms with van der Waals surface area (Å²) in [4.78, 5) is 12.1. The minimum atomic E-state index is -0.524. The molecule has 0 aliphatic heterocycles. The second-order valence-corrected chi connectivity index (χ2v) is 6.22. The Bertz CT molecular complexity index is 626. The van der Waals surface area contributed by atoms with E-state index >= 15 is 0 Å². The van der Waals surface area contributed by atoms with E-state index in [2.05, 4.69) is 19.2 Å². The Labute approximate surface area is 143 Å².